The third kappa shape index (κ3) is 4.34. The number of nitrogens with one attached hydrogen (secondary N) is 1. The molecule has 5 nitrogen and oxygen atoms in total. The fourth-order valence-corrected chi connectivity index (χ4v) is 3.42. The average molecular weight is 479 g/mol. The number of amides is 1. The Labute approximate surface area is 167 Å². The first-order valence-corrected chi connectivity index (χ1v) is 9.54. The van der Waals surface area contributed by atoms with Gasteiger partial charge < -0.3 is 9.90 Å². The summed E-state index contributed by atoms with van der Waals surface area (Å²) < 4.78 is 1.87. The molecule has 1 aliphatic heterocycles. The van der Waals surface area contributed by atoms with E-state index in [0.717, 1.165) is 25.8 Å². The van der Waals surface area contributed by atoms with E-state index in [4.69, 9.17) is 0 Å². The van der Waals surface area contributed by atoms with Crippen molar-refractivity contribution in [2.24, 2.45) is 0 Å². The van der Waals surface area contributed by atoms with Gasteiger partial charge in [-0.3, -0.25) is 10.2 Å². The highest BCUT2D eigenvalue weighted by Crippen LogP contribution is 2.33. The summed E-state index contributed by atoms with van der Waals surface area (Å²) in [5.41, 5.74) is 5.77. The highest BCUT2D eigenvalue weighted by molar-refractivity contribution is 9.10. The second-order valence-corrected chi connectivity index (χ2v) is 7.67. The molecule has 7 heteroatoms. The van der Waals surface area contributed by atoms with Crippen molar-refractivity contribution >= 4 is 49.4 Å². The normalized spacial score (nSPS) is 16.2. The summed E-state index contributed by atoms with van der Waals surface area (Å²) in [5, 5.41) is 12.2. The molecule has 0 saturated heterocycles. The number of halogens is 2. The van der Waals surface area contributed by atoms with E-state index in [0.29, 0.717) is 0 Å². The van der Waals surface area contributed by atoms with Crippen LogP contribution in [-0.2, 0) is 9.59 Å². The molecule has 0 aliphatic carbocycles. The molecule has 0 aromatic heterocycles. The van der Waals surface area contributed by atoms with Gasteiger partial charge in [0.05, 0.1) is 11.7 Å². The molecule has 0 radical (unpaired) electrons. The van der Waals surface area contributed by atoms with Crippen molar-refractivity contribution in [3.63, 3.8) is 0 Å². The topological polar surface area (TPSA) is 72.5 Å². The van der Waals surface area contributed by atoms with Crippen LogP contribution in [0, 0.1) is 0 Å². The van der Waals surface area contributed by atoms with E-state index >= 15 is 0 Å². The first-order chi connectivity index (χ1) is 12.4. The van der Waals surface area contributed by atoms with E-state index in [1.165, 1.54) is 5.01 Å². The van der Waals surface area contributed by atoms with Gasteiger partial charge >= 0.3 is 0 Å². The third-order valence-electron chi connectivity index (χ3n) is 4.00. The summed E-state index contributed by atoms with van der Waals surface area (Å²) in [4.78, 5) is 23.3. The minimum absolute atomic E-state index is 0.124. The summed E-state index contributed by atoms with van der Waals surface area (Å²) in [7, 11) is 0. The maximum absolute atomic E-state index is 12.6. The number of nitrogens with zero attached hydrogens (tertiary/aromatic N) is 1. The molecule has 1 heterocycles. The molecule has 134 valence electrons. The van der Waals surface area contributed by atoms with Crippen LogP contribution in [0.4, 0.5) is 0 Å². The highest BCUT2D eigenvalue weighted by Gasteiger charge is 2.30. The quantitative estimate of drug-likeness (QED) is 0.716. The zero-order valence-electron chi connectivity index (χ0n) is 13.6. The van der Waals surface area contributed by atoms with Crippen molar-refractivity contribution in [2.45, 2.75) is 18.9 Å². The fourth-order valence-electron chi connectivity index (χ4n) is 2.74. The van der Waals surface area contributed by atoms with E-state index in [-0.39, 0.29) is 24.8 Å². The lowest BCUT2D eigenvalue weighted by Gasteiger charge is -2.26. The molecular weight excluding hydrogens is 464 g/mol. The van der Waals surface area contributed by atoms with Crippen molar-refractivity contribution in [3.8, 4) is 0 Å². The molecule has 1 atom stereocenters. The maximum atomic E-state index is 12.6. The summed E-state index contributed by atoms with van der Waals surface area (Å²) >= 11 is 6.86. The van der Waals surface area contributed by atoms with Crippen LogP contribution in [0.3, 0.4) is 0 Å². The average Bonchev–Trinajstić information content (AvgIpc) is 3.05. The first kappa shape index (κ1) is 18.7. The Hall–Kier alpha value is -2.12. The van der Waals surface area contributed by atoms with Crippen LogP contribution in [-0.4, -0.2) is 16.9 Å². The second kappa shape index (κ2) is 8.05. The SMILES string of the molecule is O=C([O-])CCC(=O)N1NC(c2ccc(Br)cc2)=CC1c1cccc(Br)c1. The van der Waals surface area contributed by atoms with E-state index in [1.54, 1.807) is 0 Å². The molecule has 0 saturated carbocycles. The largest absolute Gasteiger partial charge is 0.550 e. The van der Waals surface area contributed by atoms with Gasteiger partial charge in [-0.1, -0.05) is 56.1 Å². The van der Waals surface area contributed by atoms with Gasteiger partial charge in [0.2, 0.25) is 5.91 Å². The minimum Gasteiger partial charge on any atom is -0.550 e. The Morgan fingerprint density at radius 1 is 1.04 bits per heavy atom. The van der Waals surface area contributed by atoms with E-state index in [1.807, 2.05) is 54.6 Å². The lowest BCUT2D eigenvalue weighted by atomic mass is 10.0. The highest BCUT2D eigenvalue weighted by atomic mass is 79.9. The number of hydrazine groups is 1. The number of aliphatic carboxylic acids is 1. The Balaban J connectivity index is 1.91. The molecule has 2 aromatic rings. The second-order valence-electron chi connectivity index (χ2n) is 5.83. The third-order valence-corrected chi connectivity index (χ3v) is 5.02. The van der Waals surface area contributed by atoms with Gasteiger partial charge in [-0.15, -0.1) is 0 Å². The standard InChI is InChI=1S/C19H16Br2N2O3/c20-14-6-4-12(5-7-14)16-11-17(13-2-1-3-15(21)10-13)23(22-16)18(24)8-9-19(25)26/h1-7,10-11,17,22H,8-9H2,(H,25,26)/p-1. The Morgan fingerprint density at radius 2 is 1.77 bits per heavy atom. The number of benzene rings is 2. The molecule has 1 aliphatic rings. The fraction of sp³-hybridized carbons (Fsp3) is 0.158. The van der Waals surface area contributed by atoms with Crippen molar-refractivity contribution in [3.05, 3.63) is 74.7 Å². The van der Waals surface area contributed by atoms with Gasteiger partial charge in [0.1, 0.15) is 0 Å². The molecule has 2 aromatic carbocycles. The van der Waals surface area contributed by atoms with Crippen molar-refractivity contribution < 1.29 is 14.7 Å². The number of carbonyl (C=O) groups excluding carboxylic acids is 2. The van der Waals surface area contributed by atoms with Crippen molar-refractivity contribution in [1.82, 2.24) is 10.4 Å². The van der Waals surface area contributed by atoms with E-state index in [2.05, 4.69) is 37.3 Å². The van der Waals surface area contributed by atoms with Crippen LogP contribution in [0.5, 0.6) is 0 Å². The number of rotatable bonds is 5. The first-order valence-electron chi connectivity index (χ1n) is 7.96. The number of carbonyl (C=O) groups is 2. The van der Waals surface area contributed by atoms with Gasteiger partial charge in [0.25, 0.3) is 0 Å². The lowest BCUT2D eigenvalue weighted by molar-refractivity contribution is -0.305. The van der Waals surface area contributed by atoms with Crippen LogP contribution in [0.1, 0.15) is 30.0 Å². The summed E-state index contributed by atoms with van der Waals surface area (Å²) in [6.45, 7) is 0. The van der Waals surface area contributed by atoms with Gasteiger partial charge in [-0.2, -0.15) is 0 Å². The number of hydrogen-bond donors (Lipinski definition) is 1. The van der Waals surface area contributed by atoms with Crippen LogP contribution >= 0.6 is 31.9 Å². The van der Waals surface area contributed by atoms with E-state index < -0.39 is 5.97 Å². The smallest absolute Gasteiger partial charge is 0.242 e. The monoisotopic (exact) mass is 477 g/mol. The van der Waals surface area contributed by atoms with Crippen molar-refractivity contribution in [1.29, 1.82) is 0 Å². The predicted molar refractivity (Wildman–Crippen MR) is 103 cm³/mol. The molecule has 0 spiro atoms. The molecular formula is C19H15Br2N2O3-. The molecule has 26 heavy (non-hydrogen) atoms. The zero-order valence-corrected chi connectivity index (χ0v) is 16.8. The van der Waals surface area contributed by atoms with Gasteiger partial charge in [0, 0.05) is 21.3 Å². The lowest BCUT2D eigenvalue weighted by Crippen LogP contribution is -2.40. The van der Waals surface area contributed by atoms with Gasteiger partial charge in [-0.25, -0.2) is 5.01 Å². The summed E-state index contributed by atoms with van der Waals surface area (Å²) in [5.74, 6) is -1.54. The van der Waals surface area contributed by atoms with E-state index in [9.17, 15) is 14.7 Å². The minimum atomic E-state index is -1.24. The Morgan fingerprint density at radius 3 is 2.42 bits per heavy atom. The molecule has 3 rings (SSSR count). The van der Waals surface area contributed by atoms with Crippen LogP contribution in [0.2, 0.25) is 0 Å². The number of carboxylic acid groups (broad SMARTS) is 1. The predicted octanol–water partition coefficient (Wildman–Crippen LogP) is 3.17. The van der Waals surface area contributed by atoms with Crippen LogP contribution in [0.15, 0.2) is 63.6 Å². The molecule has 1 unspecified atom stereocenters. The molecule has 1 N–H and O–H groups in total. The number of carboxylic acids is 1. The molecule has 0 fully saturated rings. The molecule has 1 amide bonds. The van der Waals surface area contributed by atoms with Gasteiger partial charge in [-0.05, 0) is 47.9 Å². The summed E-state index contributed by atoms with van der Waals surface area (Å²) in [6.07, 6.45) is 1.53. The van der Waals surface area contributed by atoms with Crippen molar-refractivity contribution in [2.75, 3.05) is 0 Å². The Bertz CT molecular complexity index is 865. The number of hydrogen-bond acceptors (Lipinski definition) is 4. The summed E-state index contributed by atoms with van der Waals surface area (Å²) in [6, 6.07) is 15.1. The zero-order chi connectivity index (χ0) is 18.7. The molecule has 0 bridgehead atoms. The Kier molecular flexibility index (Phi) is 5.78. The maximum Gasteiger partial charge on any atom is 0.242 e. The van der Waals surface area contributed by atoms with Crippen LogP contribution < -0.4 is 10.5 Å². The van der Waals surface area contributed by atoms with Gasteiger partial charge in [0.15, 0.2) is 0 Å². The van der Waals surface area contributed by atoms with Crippen LogP contribution in [0.25, 0.3) is 5.70 Å².